The number of rotatable bonds is 4. The average molecular weight is 523 g/mol. The number of nitrogens with zero attached hydrogens (tertiary/aromatic N) is 2. The van der Waals surface area contributed by atoms with Crippen molar-refractivity contribution in [3.8, 4) is 5.75 Å². The first-order chi connectivity index (χ1) is 16.4. The molecular formula is C26H23BrN2O5. The second kappa shape index (κ2) is 8.05. The summed E-state index contributed by atoms with van der Waals surface area (Å²) in [5.41, 5.74) is 1.17. The Morgan fingerprint density at radius 3 is 2.26 bits per heavy atom. The van der Waals surface area contributed by atoms with Crippen LogP contribution in [0, 0.1) is 29.6 Å². The Hall–Kier alpha value is -3.00. The van der Waals surface area contributed by atoms with E-state index in [4.69, 9.17) is 4.74 Å². The van der Waals surface area contributed by atoms with Crippen LogP contribution >= 0.6 is 15.9 Å². The summed E-state index contributed by atoms with van der Waals surface area (Å²) in [7, 11) is 0. The number of carbonyl (C=O) groups excluding carboxylic acids is 4. The van der Waals surface area contributed by atoms with Gasteiger partial charge in [0.15, 0.2) is 0 Å². The molecule has 5 atom stereocenters. The highest BCUT2D eigenvalue weighted by Crippen LogP contribution is 2.56. The van der Waals surface area contributed by atoms with Gasteiger partial charge in [0.1, 0.15) is 5.75 Å². The number of halogens is 1. The van der Waals surface area contributed by atoms with E-state index in [9.17, 15) is 19.2 Å². The van der Waals surface area contributed by atoms with Crippen LogP contribution in [0.1, 0.15) is 25.7 Å². The number of esters is 1. The summed E-state index contributed by atoms with van der Waals surface area (Å²) in [4.78, 5) is 54.4. The molecule has 34 heavy (non-hydrogen) atoms. The first-order valence-corrected chi connectivity index (χ1v) is 12.5. The zero-order valence-corrected chi connectivity index (χ0v) is 19.9. The Bertz CT molecular complexity index is 1180. The van der Waals surface area contributed by atoms with Gasteiger partial charge in [-0.05, 0) is 67.5 Å². The Balaban J connectivity index is 1.16. The molecule has 4 aliphatic rings. The fraction of sp³-hybridized carbons (Fsp3) is 0.385. The van der Waals surface area contributed by atoms with Gasteiger partial charge in [-0.15, -0.1) is 0 Å². The number of fused-ring (bicyclic) bond motifs is 5. The monoisotopic (exact) mass is 522 g/mol. The lowest BCUT2D eigenvalue weighted by Crippen LogP contribution is -2.32. The smallest absolute Gasteiger partial charge is 0.316 e. The predicted octanol–water partition coefficient (Wildman–Crippen LogP) is 3.94. The number of hydrogen-bond acceptors (Lipinski definition) is 5. The highest BCUT2D eigenvalue weighted by molar-refractivity contribution is 9.10. The lowest BCUT2D eigenvalue weighted by molar-refractivity contribution is -0.139. The van der Waals surface area contributed by atoms with E-state index in [-0.39, 0.29) is 48.3 Å². The van der Waals surface area contributed by atoms with Crippen LogP contribution in [-0.4, -0.2) is 30.2 Å². The maximum absolute atomic E-state index is 13.1. The van der Waals surface area contributed by atoms with Crippen molar-refractivity contribution in [1.29, 1.82) is 0 Å². The average Bonchev–Trinajstić information content (AvgIpc) is 3.58. The standard InChI is InChI=1S/C26H23BrN2O5/c27-17-6-8-18(9-7-17)28-13-16(11-21(28)30)26(33)34-20-3-1-2-19(12-20)29-24(31)22-14-4-5-15(10-14)23(22)25(29)32/h1-3,6-9,12,14-16,22-23H,4-5,10-11,13H2/t14-,15-,16+,22+,23+/m0/s1. The SMILES string of the molecule is O=C(Oc1cccc(N2C(=O)[C@@H]3[C@H]4CC[C@@H](C4)[C@H]3C2=O)c1)[C@@H]1CC(=O)N(c2ccc(Br)cc2)C1. The van der Waals surface area contributed by atoms with Gasteiger partial charge in [0.05, 0.1) is 23.4 Å². The number of anilines is 2. The molecule has 6 rings (SSSR count). The van der Waals surface area contributed by atoms with Crippen LogP contribution in [0.5, 0.6) is 5.75 Å². The largest absolute Gasteiger partial charge is 0.426 e. The number of amides is 3. The molecule has 3 amide bonds. The van der Waals surface area contributed by atoms with Crippen molar-refractivity contribution < 1.29 is 23.9 Å². The minimum absolute atomic E-state index is 0.0732. The molecule has 0 aromatic heterocycles. The van der Waals surface area contributed by atoms with Crippen molar-refractivity contribution >= 4 is 51.0 Å². The number of hydrogen-bond donors (Lipinski definition) is 0. The van der Waals surface area contributed by atoms with Crippen molar-refractivity contribution in [3.63, 3.8) is 0 Å². The maximum Gasteiger partial charge on any atom is 0.316 e. The van der Waals surface area contributed by atoms with E-state index >= 15 is 0 Å². The van der Waals surface area contributed by atoms with E-state index in [1.807, 2.05) is 24.3 Å². The zero-order valence-electron chi connectivity index (χ0n) is 18.4. The van der Waals surface area contributed by atoms with Crippen molar-refractivity contribution in [2.75, 3.05) is 16.3 Å². The fourth-order valence-electron chi connectivity index (χ4n) is 6.28. The van der Waals surface area contributed by atoms with Crippen molar-refractivity contribution in [3.05, 3.63) is 53.0 Å². The highest BCUT2D eigenvalue weighted by atomic mass is 79.9. The van der Waals surface area contributed by atoms with Gasteiger partial charge in [-0.1, -0.05) is 22.0 Å². The van der Waals surface area contributed by atoms with Crippen LogP contribution in [0.2, 0.25) is 0 Å². The molecule has 2 aliphatic heterocycles. The van der Waals surface area contributed by atoms with Crippen molar-refractivity contribution in [2.24, 2.45) is 29.6 Å². The molecule has 0 radical (unpaired) electrons. The van der Waals surface area contributed by atoms with Gasteiger partial charge >= 0.3 is 5.97 Å². The number of ether oxygens (including phenoxy) is 1. The predicted molar refractivity (Wildman–Crippen MR) is 127 cm³/mol. The lowest BCUT2D eigenvalue weighted by atomic mass is 9.81. The van der Waals surface area contributed by atoms with Gasteiger partial charge < -0.3 is 9.64 Å². The molecular weight excluding hydrogens is 500 g/mol. The molecule has 2 saturated heterocycles. The first kappa shape index (κ1) is 21.5. The van der Waals surface area contributed by atoms with Crippen LogP contribution < -0.4 is 14.5 Å². The number of benzene rings is 2. The van der Waals surface area contributed by atoms with Gasteiger partial charge in [-0.25, -0.2) is 4.90 Å². The summed E-state index contributed by atoms with van der Waals surface area (Å²) in [5, 5.41) is 0. The summed E-state index contributed by atoms with van der Waals surface area (Å²) >= 11 is 3.38. The second-order valence-electron chi connectivity index (χ2n) is 9.70. The molecule has 7 nitrogen and oxygen atoms in total. The molecule has 4 fully saturated rings. The summed E-state index contributed by atoms with van der Waals surface area (Å²) in [6.45, 7) is 0.244. The maximum atomic E-state index is 13.1. The van der Waals surface area contributed by atoms with Gasteiger partial charge in [0.2, 0.25) is 17.7 Å². The van der Waals surface area contributed by atoms with Crippen molar-refractivity contribution in [2.45, 2.75) is 25.7 Å². The van der Waals surface area contributed by atoms with Crippen molar-refractivity contribution in [1.82, 2.24) is 0 Å². The highest BCUT2D eigenvalue weighted by Gasteiger charge is 2.61. The Morgan fingerprint density at radius 2 is 1.59 bits per heavy atom. The first-order valence-electron chi connectivity index (χ1n) is 11.7. The molecule has 174 valence electrons. The third-order valence-electron chi connectivity index (χ3n) is 7.82. The third-order valence-corrected chi connectivity index (χ3v) is 8.35. The van der Waals surface area contributed by atoms with Crippen LogP contribution in [-0.2, 0) is 19.2 Å². The third kappa shape index (κ3) is 3.38. The fourth-order valence-corrected chi connectivity index (χ4v) is 6.55. The van der Waals surface area contributed by atoms with Crippen LogP contribution in [0.3, 0.4) is 0 Å². The molecule has 0 spiro atoms. The molecule has 0 N–H and O–H groups in total. The van der Waals surface area contributed by atoms with E-state index in [1.54, 1.807) is 29.2 Å². The molecule has 2 heterocycles. The minimum atomic E-state index is -0.593. The van der Waals surface area contributed by atoms with Gasteiger partial charge in [0.25, 0.3) is 0 Å². The van der Waals surface area contributed by atoms with E-state index in [0.29, 0.717) is 17.5 Å². The molecule has 2 aromatic carbocycles. The van der Waals surface area contributed by atoms with E-state index < -0.39 is 11.9 Å². The second-order valence-corrected chi connectivity index (χ2v) is 10.6. The topological polar surface area (TPSA) is 84.0 Å². The summed E-state index contributed by atoms with van der Waals surface area (Å²) in [5.74, 6) is -1.00. The summed E-state index contributed by atoms with van der Waals surface area (Å²) in [6, 6.07) is 13.9. The Morgan fingerprint density at radius 1 is 0.912 bits per heavy atom. The Kier molecular flexibility index (Phi) is 5.09. The van der Waals surface area contributed by atoms with E-state index in [1.165, 1.54) is 4.90 Å². The number of carbonyl (C=O) groups is 4. The molecule has 2 aliphatic carbocycles. The molecule has 2 saturated carbocycles. The summed E-state index contributed by atoms with van der Waals surface area (Å²) in [6.07, 6.45) is 3.10. The minimum Gasteiger partial charge on any atom is -0.426 e. The zero-order chi connectivity index (χ0) is 23.6. The molecule has 8 heteroatoms. The van der Waals surface area contributed by atoms with E-state index in [2.05, 4.69) is 15.9 Å². The Labute approximate surface area is 205 Å². The van der Waals surface area contributed by atoms with E-state index in [0.717, 1.165) is 29.4 Å². The van der Waals surface area contributed by atoms with Gasteiger partial charge in [-0.3, -0.25) is 19.2 Å². The van der Waals surface area contributed by atoms with Crippen LogP contribution in [0.4, 0.5) is 11.4 Å². The quantitative estimate of drug-likeness (QED) is 0.345. The van der Waals surface area contributed by atoms with Gasteiger partial charge in [-0.2, -0.15) is 0 Å². The molecule has 0 unspecified atom stereocenters. The van der Waals surface area contributed by atoms with Crippen LogP contribution in [0.25, 0.3) is 0 Å². The number of imide groups is 1. The summed E-state index contributed by atoms with van der Waals surface area (Å²) < 4.78 is 6.50. The van der Waals surface area contributed by atoms with Crippen LogP contribution in [0.15, 0.2) is 53.0 Å². The van der Waals surface area contributed by atoms with Gasteiger partial charge in [0, 0.05) is 29.2 Å². The molecule has 2 bridgehead atoms. The normalized spacial score (nSPS) is 29.8. The molecule has 2 aromatic rings. The lowest BCUT2D eigenvalue weighted by Gasteiger charge is -2.19.